The molecule has 1 amide bonds. The summed E-state index contributed by atoms with van der Waals surface area (Å²) in [5, 5.41) is 12.0. The fourth-order valence-electron chi connectivity index (χ4n) is 2.71. The van der Waals surface area contributed by atoms with Crippen LogP contribution in [0.5, 0.6) is 11.5 Å². The van der Waals surface area contributed by atoms with Gasteiger partial charge in [-0.15, -0.1) is 0 Å². The molecule has 2 unspecified atom stereocenters. The van der Waals surface area contributed by atoms with Gasteiger partial charge in [0.25, 0.3) is 5.91 Å². The summed E-state index contributed by atoms with van der Waals surface area (Å²) in [7, 11) is 0. The fourth-order valence-corrected chi connectivity index (χ4v) is 2.71. The van der Waals surface area contributed by atoms with Gasteiger partial charge in [0.05, 0.1) is 0 Å². The molecule has 25 heavy (non-hydrogen) atoms. The van der Waals surface area contributed by atoms with Gasteiger partial charge < -0.3 is 19.9 Å². The van der Waals surface area contributed by atoms with Crippen molar-refractivity contribution in [1.82, 2.24) is 5.32 Å². The number of rotatable bonds is 5. The van der Waals surface area contributed by atoms with E-state index in [-0.39, 0.29) is 6.42 Å². The van der Waals surface area contributed by atoms with E-state index in [0.29, 0.717) is 11.5 Å². The number of hydrogen-bond donors (Lipinski definition) is 2. The quantitative estimate of drug-likeness (QED) is 0.869. The van der Waals surface area contributed by atoms with Crippen molar-refractivity contribution in [3.05, 3.63) is 60.2 Å². The van der Waals surface area contributed by atoms with Gasteiger partial charge in [0.15, 0.2) is 11.5 Å². The van der Waals surface area contributed by atoms with Crippen LogP contribution in [0.15, 0.2) is 54.6 Å². The SMILES string of the molecule is CC1Oc2ccccc2OC1C(=O)N[C@H](Cc1ccccc1)C(=O)O. The Bertz CT molecular complexity index is 761. The van der Waals surface area contributed by atoms with Crippen molar-refractivity contribution in [2.45, 2.75) is 31.6 Å². The van der Waals surface area contributed by atoms with Crippen LogP contribution in [0.1, 0.15) is 12.5 Å². The van der Waals surface area contributed by atoms with Gasteiger partial charge in [-0.2, -0.15) is 0 Å². The highest BCUT2D eigenvalue weighted by molar-refractivity contribution is 5.87. The lowest BCUT2D eigenvalue weighted by molar-refractivity contribution is -0.144. The second kappa shape index (κ2) is 7.25. The largest absolute Gasteiger partial charge is 0.482 e. The minimum absolute atomic E-state index is 0.195. The van der Waals surface area contributed by atoms with Crippen LogP contribution in [0.3, 0.4) is 0 Å². The number of carboxylic acid groups (broad SMARTS) is 1. The third-order valence-electron chi connectivity index (χ3n) is 4.00. The van der Waals surface area contributed by atoms with Crippen molar-refractivity contribution < 1.29 is 24.2 Å². The fraction of sp³-hybridized carbons (Fsp3) is 0.263. The monoisotopic (exact) mass is 341 g/mol. The summed E-state index contributed by atoms with van der Waals surface area (Å²) in [4.78, 5) is 24.1. The van der Waals surface area contributed by atoms with E-state index in [1.54, 1.807) is 25.1 Å². The molecule has 0 spiro atoms. The standard InChI is InChI=1S/C19H19NO5/c1-12-17(25-16-10-6-5-9-15(16)24-12)18(21)20-14(19(22)23)11-13-7-3-2-4-8-13/h2-10,12,14,17H,11H2,1H3,(H,20,21)(H,22,23)/t12?,14-,17?/m1/s1. The number of carbonyl (C=O) groups is 2. The average molecular weight is 341 g/mol. The first-order chi connectivity index (χ1) is 12.0. The maximum atomic E-state index is 12.5. The lowest BCUT2D eigenvalue weighted by atomic mass is 10.1. The number of hydrogen-bond acceptors (Lipinski definition) is 4. The number of amides is 1. The number of aliphatic carboxylic acids is 1. The highest BCUT2D eigenvalue weighted by atomic mass is 16.6. The van der Waals surface area contributed by atoms with Crippen molar-refractivity contribution in [1.29, 1.82) is 0 Å². The number of nitrogens with one attached hydrogen (secondary N) is 1. The molecule has 3 rings (SSSR count). The van der Waals surface area contributed by atoms with Gasteiger partial charge in [-0.1, -0.05) is 42.5 Å². The highest BCUT2D eigenvalue weighted by Gasteiger charge is 2.36. The van der Waals surface area contributed by atoms with E-state index in [2.05, 4.69) is 5.32 Å². The van der Waals surface area contributed by atoms with Gasteiger partial charge in [0.2, 0.25) is 6.10 Å². The van der Waals surface area contributed by atoms with E-state index >= 15 is 0 Å². The highest BCUT2D eigenvalue weighted by Crippen LogP contribution is 2.33. The molecule has 130 valence electrons. The Kier molecular flexibility index (Phi) is 4.88. The maximum Gasteiger partial charge on any atom is 0.326 e. The van der Waals surface area contributed by atoms with Crippen LogP contribution in [0, 0.1) is 0 Å². The topological polar surface area (TPSA) is 84.9 Å². The third kappa shape index (κ3) is 3.91. The summed E-state index contributed by atoms with van der Waals surface area (Å²) < 4.78 is 11.4. The van der Waals surface area contributed by atoms with Crippen LogP contribution in [0.4, 0.5) is 0 Å². The summed E-state index contributed by atoms with van der Waals surface area (Å²) in [6.45, 7) is 1.72. The number of carboxylic acids is 1. The molecule has 1 heterocycles. The molecule has 0 fully saturated rings. The molecule has 0 aliphatic carbocycles. The number of benzene rings is 2. The minimum atomic E-state index is -1.10. The Morgan fingerprint density at radius 2 is 1.64 bits per heavy atom. The number of para-hydroxylation sites is 2. The minimum Gasteiger partial charge on any atom is -0.482 e. The predicted molar refractivity (Wildman–Crippen MR) is 90.7 cm³/mol. The Balaban J connectivity index is 1.70. The molecule has 2 aromatic carbocycles. The molecule has 0 saturated heterocycles. The molecule has 2 aromatic rings. The van der Waals surface area contributed by atoms with Crippen LogP contribution in [-0.2, 0) is 16.0 Å². The molecule has 6 nitrogen and oxygen atoms in total. The van der Waals surface area contributed by atoms with Crippen molar-refractivity contribution in [3.63, 3.8) is 0 Å². The molecule has 0 radical (unpaired) electrons. The Hall–Kier alpha value is -3.02. The van der Waals surface area contributed by atoms with Gasteiger partial charge in [0.1, 0.15) is 12.1 Å². The van der Waals surface area contributed by atoms with Crippen molar-refractivity contribution in [2.24, 2.45) is 0 Å². The van der Waals surface area contributed by atoms with E-state index < -0.39 is 30.1 Å². The van der Waals surface area contributed by atoms with Crippen LogP contribution in [0.25, 0.3) is 0 Å². The third-order valence-corrected chi connectivity index (χ3v) is 4.00. The Labute approximate surface area is 145 Å². The van der Waals surface area contributed by atoms with Crippen LogP contribution < -0.4 is 14.8 Å². The second-order valence-corrected chi connectivity index (χ2v) is 5.90. The molecule has 0 bridgehead atoms. The van der Waals surface area contributed by atoms with E-state index in [0.717, 1.165) is 5.56 Å². The molecule has 2 N–H and O–H groups in total. The summed E-state index contributed by atoms with van der Waals surface area (Å²) in [5.74, 6) is -0.568. The van der Waals surface area contributed by atoms with E-state index in [1.807, 2.05) is 36.4 Å². The van der Waals surface area contributed by atoms with Gasteiger partial charge in [-0.3, -0.25) is 4.79 Å². The molecule has 1 aliphatic heterocycles. The average Bonchev–Trinajstić information content (AvgIpc) is 2.61. The number of ether oxygens (including phenoxy) is 2. The van der Waals surface area contributed by atoms with Crippen LogP contribution in [0.2, 0.25) is 0 Å². The zero-order valence-corrected chi connectivity index (χ0v) is 13.7. The first-order valence-electron chi connectivity index (χ1n) is 8.04. The molecular weight excluding hydrogens is 322 g/mol. The van der Waals surface area contributed by atoms with Gasteiger partial charge >= 0.3 is 5.97 Å². The maximum absolute atomic E-state index is 12.5. The van der Waals surface area contributed by atoms with Gasteiger partial charge in [0, 0.05) is 6.42 Å². The van der Waals surface area contributed by atoms with E-state index in [4.69, 9.17) is 9.47 Å². The molecule has 0 saturated carbocycles. The normalized spacial score (nSPS) is 19.7. The molecule has 1 aliphatic rings. The van der Waals surface area contributed by atoms with Gasteiger partial charge in [-0.05, 0) is 24.6 Å². The second-order valence-electron chi connectivity index (χ2n) is 5.90. The predicted octanol–water partition coefficient (Wildman–Crippen LogP) is 2.03. The molecular formula is C19H19NO5. The van der Waals surface area contributed by atoms with Crippen LogP contribution >= 0.6 is 0 Å². The zero-order valence-electron chi connectivity index (χ0n) is 13.7. The first kappa shape index (κ1) is 16.8. The summed E-state index contributed by atoms with van der Waals surface area (Å²) in [6, 6.07) is 15.2. The Morgan fingerprint density at radius 1 is 1.04 bits per heavy atom. The molecule has 6 heteroatoms. The van der Waals surface area contributed by atoms with Crippen LogP contribution in [-0.4, -0.2) is 35.2 Å². The smallest absolute Gasteiger partial charge is 0.326 e. The number of fused-ring (bicyclic) bond motifs is 1. The van der Waals surface area contributed by atoms with E-state index in [1.165, 1.54) is 0 Å². The first-order valence-corrected chi connectivity index (χ1v) is 8.04. The lowest BCUT2D eigenvalue weighted by Crippen LogP contribution is -2.53. The molecule has 3 atom stereocenters. The van der Waals surface area contributed by atoms with Gasteiger partial charge in [-0.25, -0.2) is 4.79 Å². The molecule has 0 aromatic heterocycles. The number of carbonyl (C=O) groups excluding carboxylic acids is 1. The van der Waals surface area contributed by atoms with Crippen molar-refractivity contribution >= 4 is 11.9 Å². The summed E-state index contributed by atoms with van der Waals surface area (Å²) >= 11 is 0. The zero-order chi connectivity index (χ0) is 17.8. The summed E-state index contributed by atoms with van der Waals surface area (Å²) in [6.07, 6.45) is -1.24. The Morgan fingerprint density at radius 3 is 2.28 bits per heavy atom. The van der Waals surface area contributed by atoms with Crippen molar-refractivity contribution in [3.8, 4) is 11.5 Å². The van der Waals surface area contributed by atoms with Crippen molar-refractivity contribution in [2.75, 3.05) is 0 Å². The lowest BCUT2D eigenvalue weighted by Gasteiger charge is -2.31. The van der Waals surface area contributed by atoms with E-state index in [9.17, 15) is 14.7 Å². The summed E-state index contributed by atoms with van der Waals surface area (Å²) in [5.41, 5.74) is 0.828.